The van der Waals surface area contributed by atoms with E-state index in [2.05, 4.69) is 0 Å². The fraction of sp³-hybridized carbons (Fsp3) is 0.0909. The van der Waals surface area contributed by atoms with Crippen molar-refractivity contribution in [1.82, 2.24) is 9.36 Å². The van der Waals surface area contributed by atoms with Crippen LogP contribution < -0.4 is 5.56 Å². The first-order chi connectivity index (χ1) is 7.63. The number of carbonyl (C=O) groups is 1. The Morgan fingerprint density at radius 3 is 2.69 bits per heavy atom. The summed E-state index contributed by atoms with van der Waals surface area (Å²) in [6.45, 7) is 0. The highest BCUT2D eigenvalue weighted by molar-refractivity contribution is 5.73. The third-order valence-electron chi connectivity index (χ3n) is 2.26. The molecule has 1 heterocycles. The molecule has 82 valence electrons. The smallest absolute Gasteiger partial charge is 0.281 e. The van der Waals surface area contributed by atoms with Crippen LogP contribution in [-0.4, -0.2) is 15.6 Å². The number of aldehydes is 1. The Kier molecular flexibility index (Phi) is 2.44. The van der Waals surface area contributed by atoms with E-state index >= 15 is 0 Å². The zero-order valence-electron chi connectivity index (χ0n) is 8.55. The first-order valence-corrected chi connectivity index (χ1v) is 4.63. The lowest BCUT2D eigenvalue weighted by atomic mass is 10.3. The lowest BCUT2D eigenvalue weighted by Crippen LogP contribution is -2.20. The Hall–Kier alpha value is -2.17. The minimum absolute atomic E-state index is 0.0479. The van der Waals surface area contributed by atoms with Gasteiger partial charge in [0.25, 0.3) is 5.56 Å². The number of aryl methyl sites for hydroxylation is 1. The number of carbonyl (C=O) groups excluding carboxylic acids is 1. The highest BCUT2D eigenvalue weighted by atomic mass is 19.1. The Balaban J connectivity index is 2.69. The van der Waals surface area contributed by atoms with Gasteiger partial charge < -0.3 is 0 Å². The van der Waals surface area contributed by atoms with E-state index < -0.39 is 11.4 Å². The summed E-state index contributed by atoms with van der Waals surface area (Å²) in [4.78, 5) is 22.3. The van der Waals surface area contributed by atoms with E-state index in [0.29, 0.717) is 12.0 Å². The van der Waals surface area contributed by atoms with Crippen LogP contribution in [0, 0.1) is 5.82 Å². The van der Waals surface area contributed by atoms with Crippen LogP contribution in [0.25, 0.3) is 5.69 Å². The van der Waals surface area contributed by atoms with E-state index in [1.54, 1.807) is 13.1 Å². The lowest BCUT2D eigenvalue weighted by molar-refractivity contribution is 0.112. The van der Waals surface area contributed by atoms with Crippen LogP contribution in [0.15, 0.2) is 35.3 Å². The topological polar surface area (TPSA) is 44.0 Å². The van der Waals surface area contributed by atoms with Crippen molar-refractivity contribution in [3.63, 3.8) is 0 Å². The van der Waals surface area contributed by atoms with Crippen LogP contribution in [0.3, 0.4) is 0 Å². The molecule has 0 fully saturated rings. The predicted molar refractivity (Wildman–Crippen MR) is 56.4 cm³/mol. The van der Waals surface area contributed by atoms with Gasteiger partial charge in [0, 0.05) is 13.2 Å². The maximum absolute atomic E-state index is 13.0. The summed E-state index contributed by atoms with van der Waals surface area (Å²) in [6.07, 6.45) is 1.89. The Morgan fingerprint density at radius 2 is 2.12 bits per heavy atom. The van der Waals surface area contributed by atoms with Gasteiger partial charge in [0.1, 0.15) is 5.82 Å². The van der Waals surface area contributed by atoms with Crippen LogP contribution in [0.1, 0.15) is 10.4 Å². The van der Waals surface area contributed by atoms with E-state index in [9.17, 15) is 14.0 Å². The Morgan fingerprint density at radius 1 is 1.38 bits per heavy atom. The minimum Gasteiger partial charge on any atom is -0.298 e. The number of hydrogen-bond acceptors (Lipinski definition) is 2. The second kappa shape index (κ2) is 3.77. The zero-order chi connectivity index (χ0) is 11.7. The molecule has 0 amide bonds. The van der Waals surface area contributed by atoms with Crippen LogP contribution >= 0.6 is 0 Å². The van der Waals surface area contributed by atoms with Crippen molar-refractivity contribution >= 4 is 6.29 Å². The number of halogens is 1. The number of rotatable bonds is 2. The second-order valence-electron chi connectivity index (χ2n) is 3.37. The molecule has 1 aromatic heterocycles. The minimum atomic E-state index is -0.455. The maximum atomic E-state index is 13.0. The molecule has 0 aliphatic heterocycles. The summed E-state index contributed by atoms with van der Waals surface area (Å²) in [6, 6.07) is 5.62. The summed E-state index contributed by atoms with van der Waals surface area (Å²) >= 11 is 0. The summed E-state index contributed by atoms with van der Waals surface area (Å²) < 4.78 is 15.7. The molecule has 2 rings (SSSR count). The molecule has 0 aliphatic carbocycles. The summed E-state index contributed by atoms with van der Waals surface area (Å²) in [5.74, 6) is -0.432. The molecule has 0 spiro atoms. The molecule has 0 radical (unpaired) electrons. The van der Waals surface area contributed by atoms with Gasteiger partial charge in [0.05, 0.1) is 11.3 Å². The molecule has 0 N–H and O–H groups in total. The van der Waals surface area contributed by atoms with Crippen molar-refractivity contribution in [3.8, 4) is 5.69 Å². The highest BCUT2D eigenvalue weighted by Crippen LogP contribution is 2.07. The molecule has 0 unspecified atom stereocenters. The molecule has 2 aromatic rings. The number of hydrogen-bond donors (Lipinski definition) is 0. The number of nitrogens with zero attached hydrogens (tertiary/aromatic N) is 2. The lowest BCUT2D eigenvalue weighted by Gasteiger charge is -2.06. The third kappa shape index (κ3) is 1.56. The highest BCUT2D eigenvalue weighted by Gasteiger charge is 2.10. The van der Waals surface area contributed by atoms with E-state index in [4.69, 9.17) is 0 Å². The van der Waals surface area contributed by atoms with Gasteiger partial charge >= 0.3 is 0 Å². The van der Waals surface area contributed by atoms with Gasteiger partial charge in [0.15, 0.2) is 6.29 Å². The molecule has 0 bridgehead atoms. The average molecular weight is 220 g/mol. The van der Waals surface area contributed by atoms with Gasteiger partial charge in [-0.25, -0.2) is 9.07 Å². The van der Waals surface area contributed by atoms with Gasteiger partial charge in [-0.05, 0) is 18.2 Å². The van der Waals surface area contributed by atoms with Crippen LogP contribution in [0.4, 0.5) is 4.39 Å². The van der Waals surface area contributed by atoms with Crippen molar-refractivity contribution in [2.24, 2.45) is 7.05 Å². The zero-order valence-corrected chi connectivity index (χ0v) is 8.55. The monoisotopic (exact) mass is 220 g/mol. The van der Waals surface area contributed by atoms with Crippen molar-refractivity contribution in [2.75, 3.05) is 0 Å². The Bertz CT molecular complexity index is 598. The summed E-state index contributed by atoms with van der Waals surface area (Å²) in [7, 11) is 1.61. The molecule has 0 atom stereocenters. The molecule has 0 saturated heterocycles. The fourth-order valence-electron chi connectivity index (χ4n) is 1.57. The van der Waals surface area contributed by atoms with Gasteiger partial charge in [-0.3, -0.25) is 14.3 Å². The largest absolute Gasteiger partial charge is 0.298 e. The van der Waals surface area contributed by atoms with Crippen molar-refractivity contribution in [2.45, 2.75) is 0 Å². The molecule has 0 aliphatic rings. The van der Waals surface area contributed by atoms with Crippen LogP contribution in [-0.2, 0) is 7.05 Å². The van der Waals surface area contributed by atoms with E-state index in [-0.39, 0.29) is 5.56 Å². The van der Waals surface area contributed by atoms with Gasteiger partial charge in [-0.15, -0.1) is 0 Å². The third-order valence-corrected chi connectivity index (χ3v) is 2.26. The molecular formula is C11H9FN2O2. The fourth-order valence-corrected chi connectivity index (χ4v) is 1.57. The predicted octanol–water partition coefficient (Wildman–Crippen LogP) is 1.13. The molecule has 1 aromatic carbocycles. The second-order valence-corrected chi connectivity index (χ2v) is 3.37. The van der Waals surface area contributed by atoms with Crippen molar-refractivity contribution < 1.29 is 9.18 Å². The Labute approximate surface area is 90.5 Å². The quantitative estimate of drug-likeness (QED) is 0.712. The molecule has 5 heteroatoms. The first kappa shape index (κ1) is 10.4. The molecule has 4 nitrogen and oxygen atoms in total. The van der Waals surface area contributed by atoms with Crippen LogP contribution in [0.2, 0.25) is 0 Å². The molecule has 0 saturated carbocycles. The van der Waals surface area contributed by atoms with E-state index in [0.717, 1.165) is 0 Å². The standard InChI is InChI=1S/C11H9FN2O2/c1-13-6-8(7-15)11(16)14(13)10-4-2-3-9(12)5-10/h2-7H,1H3. The molecular weight excluding hydrogens is 211 g/mol. The van der Waals surface area contributed by atoms with Gasteiger partial charge in [-0.1, -0.05) is 6.07 Å². The van der Waals surface area contributed by atoms with E-state index in [1.165, 1.54) is 33.8 Å². The van der Waals surface area contributed by atoms with Gasteiger partial charge in [-0.2, -0.15) is 0 Å². The van der Waals surface area contributed by atoms with Gasteiger partial charge in [0.2, 0.25) is 0 Å². The average Bonchev–Trinajstić information content (AvgIpc) is 2.53. The van der Waals surface area contributed by atoms with Crippen LogP contribution in [0.5, 0.6) is 0 Å². The van der Waals surface area contributed by atoms with Crippen molar-refractivity contribution in [1.29, 1.82) is 0 Å². The summed E-state index contributed by atoms with van der Waals surface area (Å²) in [5, 5.41) is 0. The van der Waals surface area contributed by atoms with E-state index in [1.807, 2.05) is 0 Å². The normalized spacial score (nSPS) is 10.4. The number of benzene rings is 1. The molecule has 16 heavy (non-hydrogen) atoms. The SMILES string of the molecule is Cn1cc(C=O)c(=O)n1-c1cccc(F)c1. The first-order valence-electron chi connectivity index (χ1n) is 4.63. The maximum Gasteiger partial charge on any atom is 0.281 e. The number of aromatic nitrogens is 2. The van der Waals surface area contributed by atoms with Crippen molar-refractivity contribution in [3.05, 3.63) is 52.2 Å². The summed E-state index contributed by atoms with van der Waals surface area (Å²) in [5.41, 5.74) is -0.0181.